The predicted molar refractivity (Wildman–Crippen MR) is 73.6 cm³/mol. The van der Waals surface area contributed by atoms with Gasteiger partial charge in [0.2, 0.25) is 0 Å². The molecule has 98 valence electrons. The third kappa shape index (κ3) is 2.57. The summed E-state index contributed by atoms with van der Waals surface area (Å²) < 4.78 is 0. The minimum Gasteiger partial charge on any atom is -0.298 e. The van der Waals surface area contributed by atoms with Crippen molar-refractivity contribution in [2.24, 2.45) is 0 Å². The average molecular weight is 245 g/mol. The standard InChI is InChI=1S/C15H23N3/c1-13-11-18-9-2-3-15(18)12-17(13)10-6-14-4-7-16-8-5-14/h4-5,7-8,13,15H,2-3,6,9-12H2,1H3. The van der Waals surface area contributed by atoms with Crippen molar-refractivity contribution in [2.45, 2.75) is 38.3 Å². The molecule has 0 spiro atoms. The molecule has 0 radical (unpaired) electrons. The second kappa shape index (κ2) is 5.37. The summed E-state index contributed by atoms with van der Waals surface area (Å²) in [6, 6.07) is 5.81. The molecule has 2 fully saturated rings. The molecule has 0 N–H and O–H groups in total. The highest BCUT2D eigenvalue weighted by molar-refractivity contribution is 5.10. The fourth-order valence-corrected chi connectivity index (χ4v) is 3.38. The van der Waals surface area contributed by atoms with Crippen molar-refractivity contribution in [3.05, 3.63) is 30.1 Å². The van der Waals surface area contributed by atoms with E-state index in [4.69, 9.17) is 0 Å². The van der Waals surface area contributed by atoms with Crippen molar-refractivity contribution in [1.29, 1.82) is 0 Å². The van der Waals surface area contributed by atoms with Crippen LogP contribution in [0.2, 0.25) is 0 Å². The summed E-state index contributed by atoms with van der Waals surface area (Å²) in [7, 11) is 0. The number of hydrogen-bond donors (Lipinski definition) is 0. The Morgan fingerprint density at radius 3 is 2.94 bits per heavy atom. The van der Waals surface area contributed by atoms with E-state index >= 15 is 0 Å². The van der Waals surface area contributed by atoms with E-state index in [0.717, 1.165) is 12.5 Å². The van der Waals surface area contributed by atoms with Crippen LogP contribution in [-0.4, -0.2) is 53.0 Å². The third-order valence-electron chi connectivity index (χ3n) is 4.50. The number of fused-ring (bicyclic) bond motifs is 1. The second-order valence-corrected chi connectivity index (χ2v) is 5.74. The van der Waals surface area contributed by atoms with Crippen LogP contribution in [0.3, 0.4) is 0 Å². The van der Waals surface area contributed by atoms with Gasteiger partial charge in [-0.05, 0) is 50.4 Å². The SMILES string of the molecule is CC1CN2CCCC2CN1CCc1ccncc1. The number of hydrogen-bond acceptors (Lipinski definition) is 3. The molecule has 0 saturated carbocycles. The van der Waals surface area contributed by atoms with Crippen molar-refractivity contribution >= 4 is 0 Å². The summed E-state index contributed by atoms with van der Waals surface area (Å²) in [5.74, 6) is 0. The van der Waals surface area contributed by atoms with E-state index in [1.807, 2.05) is 12.4 Å². The molecular weight excluding hydrogens is 222 g/mol. The van der Waals surface area contributed by atoms with Gasteiger partial charge in [0.15, 0.2) is 0 Å². The highest BCUT2D eigenvalue weighted by atomic mass is 15.3. The maximum Gasteiger partial charge on any atom is 0.0270 e. The molecule has 1 aromatic heterocycles. The first-order valence-corrected chi connectivity index (χ1v) is 7.20. The number of pyridine rings is 1. The predicted octanol–water partition coefficient (Wildman–Crippen LogP) is 1.79. The normalized spacial score (nSPS) is 29.4. The third-order valence-corrected chi connectivity index (χ3v) is 4.50. The lowest BCUT2D eigenvalue weighted by atomic mass is 10.1. The Morgan fingerprint density at radius 1 is 1.28 bits per heavy atom. The van der Waals surface area contributed by atoms with Crippen molar-refractivity contribution in [1.82, 2.24) is 14.8 Å². The number of rotatable bonds is 3. The Hall–Kier alpha value is -0.930. The molecule has 2 atom stereocenters. The molecule has 3 nitrogen and oxygen atoms in total. The van der Waals surface area contributed by atoms with Gasteiger partial charge in [-0.3, -0.25) is 14.8 Å². The lowest BCUT2D eigenvalue weighted by Gasteiger charge is -2.42. The van der Waals surface area contributed by atoms with Crippen molar-refractivity contribution in [3.63, 3.8) is 0 Å². The Labute approximate surface area is 110 Å². The molecule has 3 rings (SSSR count). The molecule has 3 heteroatoms. The van der Waals surface area contributed by atoms with E-state index in [0.29, 0.717) is 6.04 Å². The topological polar surface area (TPSA) is 19.4 Å². The second-order valence-electron chi connectivity index (χ2n) is 5.74. The highest BCUT2D eigenvalue weighted by Crippen LogP contribution is 2.24. The first-order valence-electron chi connectivity index (χ1n) is 7.20. The molecule has 0 amide bonds. The van der Waals surface area contributed by atoms with Gasteiger partial charge in [-0.1, -0.05) is 0 Å². The van der Waals surface area contributed by atoms with E-state index < -0.39 is 0 Å². The van der Waals surface area contributed by atoms with Crippen LogP contribution in [0.15, 0.2) is 24.5 Å². The number of aromatic nitrogens is 1. The summed E-state index contributed by atoms with van der Waals surface area (Å²) in [4.78, 5) is 9.44. The van der Waals surface area contributed by atoms with Gasteiger partial charge >= 0.3 is 0 Å². The maximum atomic E-state index is 4.08. The molecule has 0 aliphatic carbocycles. The Balaban J connectivity index is 1.56. The maximum absolute atomic E-state index is 4.08. The van der Waals surface area contributed by atoms with Gasteiger partial charge in [-0.2, -0.15) is 0 Å². The van der Waals surface area contributed by atoms with Crippen LogP contribution < -0.4 is 0 Å². The van der Waals surface area contributed by atoms with E-state index in [1.54, 1.807) is 0 Å². The fraction of sp³-hybridized carbons (Fsp3) is 0.667. The zero-order valence-electron chi connectivity index (χ0n) is 11.3. The quantitative estimate of drug-likeness (QED) is 0.809. The van der Waals surface area contributed by atoms with Gasteiger partial charge in [0.25, 0.3) is 0 Å². The summed E-state index contributed by atoms with van der Waals surface area (Å²) >= 11 is 0. The minimum absolute atomic E-state index is 0.709. The molecule has 1 aromatic rings. The van der Waals surface area contributed by atoms with Crippen LogP contribution in [0, 0.1) is 0 Å². The van der Waals surface area contributed by atoms with Gasteiger partial charge in [0, 0.05) is 44.1 Å². The molecular formula is C15H23N3. The van der Waals surface area contributed by atoms with Crippen LogP contribution in [0.5, 0.6) is 0 Å². The minimum atomic E-state index is 0.709. The summed E-state index contributed by atoms with van der Waals surface area (Å²) in [5.41, 5.74) is 1.41. The molecule has 2 aliphatic heterocycles. The van der Waals surface area contributed by atoms with Gasteiger partial charge < -0.3 is 0 Å². The largest absolute Gasteiger partial charge is 0.298 e. The lowest BCUT2D eigenvalue weighted by Crippen LogP contribution is -2.55. The number of nitrogens with zero attached hydrogens (tertiary/aromatic N) is 3. The van der Waals surface area contributed by atoms with Crippen molar-refractivity contribution < 1.29 is 0 Å². The summed E-state index contributed by atoms with van der Waals surface area (Å²) in [5, 5.41) is 0. The van der Waals surface area contributed by atoms with Gasteiger partial charge in [-0.15, -0.1) is 0 Å². The van der Waals surface area contributed by atoms with Crippen molar-refractivity contribution in [3.8, 4) is 0 Å². The molecule has 2 aliphatic rings. The van der Waals surface area contributed by atoms with E-state index in [-0.39, 0.29) is 0 Å². The summed E-state index contributed by atoms with van der Waals surface area (Å²) in [6.45, 7) is 7.43. The molecule has 0 aromatic carbocycles. The fourth-order valence-electron chi connectivity index (χ4n) is 3.38. The molecule has 2 unspecified atom stereocenters. The Morgan fingerprint density at radius 2 is 2.11 bits per heavy atom. The lowest BCUT2D eigenvalue weighted by molar-refractivity contribution is 0.0605. The smallest absolute Gasteiger partial charge is 0.0270 e. The van der Waals surface area contributed by atoms with Crippen LogP contribution >= 0.6 is 0 Å². The van der Waals surface area contributed by atoms with Crippen LogP contribution in [0.25, 0.3) is 0 Å². The van der Waals surface area contributed by atoms with Crippen molar-refractivity contribution in [2.75, 3.05) is 26.2 Å². The van der Waals surface area contributed by atoms with Gasteiger partial charge in [0.05, 0.1) is 0 Å². The molecule has 18 heavy (non-hydrogen) atoms. The molecule has 3 heterocycles. The van der Waals surface area contributed by atoms with Crippen LogP contribution in [0.4, 0.5) is 0 Å². The molecule has 0 bridgehead atoms. The zero-order valence-corrected chi connectivity index (χ0v) is 11.3. The Bertz CT molecular complexity index is 379. The molecule has 2 saturated heterocycles. The van der Waals surface area contributed by atoms with Crippen LogP contribution in [-0.2, 0) is 6.42 Å². The van der Waals surface area contributed by atoms with Gasteiger partial charge in [0.1, 0.15) is 0 Å². The van der Waals surface area contributed by atoms with Gasteiger partial charge in [-0.25, -0.2) is 0 Å². The monoisotopic (exact) mass is 245 g/mol. The average Bonchev–Trinajstić information content (AvgIpc) is 2.84. The zero-order chi connectivity index (χ0) is 12.4. The summed E-state index contributed by atoms with van der Waals surface area (Å²) in [6.07, 6.45) is 7.75. The van der Waals surface area contributed by atoms with E-state index in [9.17, 15) is 0 Å². The van der Waals surface area contributed by atoms with E-state index in [1.165, 1.54) is 44.6 Å². The van der Waals surface area contributed by atoms with E-state index in [2.05, 4.69) is 33.8 Å². The number of piperazine rings is 1. The van der Waals surface area contributed by atoms with Crippen LogP contribution in [0.1, 0.15) is 25.3 Å². The highest BCUT2D eigenvalue weighted by Gasteiger charge is 2.33. The first kappa shape index (κ1) is 12.1. The first-order chi connectivity index (χ1) is 8.83. The Kier molecular flexibility index (Phi) is 3.62.